The van der Waals surface area contributed by atoms with Crippen LogP contribution in [0.15, 0.2) is 42.7 Å². The molecule has 0 spiro atoms. The monoisotopic (exact) mass is 255 g/mol. The van der Waals surface area contributed by atoms with Gasteiger partial charge in [-0.3, -0.25) is 4.98 Å². The number of benzene rings is 1. The van der Waals surface area contributed by atoms with Gasteiger partial charge in [0.25, 0.3) is 0 Å². The molecule has 19 heavy (non-hydrogen) atoms. The quantitative estimate of drug-likeness (QED) is 0.913. The second kappa shape index (κ2) is 6.07. The van der Waals surface area contributed by atoms with Gasteiger partial charge < -0.3 is 5.32 Å². The van der Waals surface area contributed by atoms with Crippen LogP contribution in [0.3, 0.4) is 0 Å². The average molecular weight is 255 g/mol. The number of nitriles is 1. The molecule has 0 aliphatic heterocycles. The van der Waals surface area contributed by atoms with Gasteiger partial charge in [-0.25, -0.2) is 4.39 Å². The summed E-state index contributed by atoms with van der Waals surface area (Å²) in [5.74, 6) is -0.329. The Morgan fingerprint density at radius 2 is 2.26 bits per heavy atom. The maximum absolute atomic E-state index is 13.2. The number of pyridine rings is 1. The van der Waals surface area contributed by atoms with Crippen molar-refractivity contribution >= 4 is 0 Å². The van der Waals surface area contributed by atoms with Gasteiger partial charge in [0.1, 0.15) is 5.82 Å². The van der Waals surface area contributed by atoms with Gasteiger partial charge >= 0.3 is 0 Å². The third kappa shape index (κ3) is 3.36. The van der Waals surface area contributed by atoms with E-state index in [0.717, 1.165) is 5.56 Å². The number of rotatable bonds is 4. The summed E-state index contributed by atoms with van der Waals surface area (Å²) in [6.45, 7) is 2.44. The summed E-state index contributed by atoms with van der Waals surface area (Å²) < 4.78 is 13.2. The van der Waals surface area contributed by atoms with E-state index < -0.39 is 0 Å². The fourth-order valence-corrected chi connectivity index (χ4v) is 1.83. The third-order valence-electron chi connectivity index (χ3n) is 2.97. The Labute approximate surface area is 111 Å². The molecule has 0 amide bonds. The lowest BCUT2D eigenvalue weighted by Crippen LogP contribution is -2.19. The minimum absolute atomic E-state index is 0.0866. The highest BCUT2D eigenvalue weighted by Gasteiger charge is 2.07. The lowest BCUT2D eigenvalue weighted by Gasteiger charge is -2.14. The van der Waals surface area contributed by atoms with Crippen molar-refractivity contribution in [2.24, 2.45) is 0 Å². The second-order valence-corrected chi connectivity index (χ2v) is 4.30. The molecule has 4 heteroatoms. The van der Waals surface area contributed by atoms with Gasteiger partial charge in [0.05, 0.1) is 11.6 Å². The highest BCUT2D eigenvalue weighted by molar-refractivity contribution is 5.37. The first-order chi connectivity index (χ1) is 9.20. The second-order valence-electron chi connectivity index (χ2n) is 4.30. The van der Waals surface area contributed by atoms with E-state index in [-0.39, 0.29) is 11.9 Å². The Balaban J connectivity index is 2.07. The van der Waals surface area contributed by atoms with Gasteiger partial charge in [0, 0.05) is 25.0 Å². The fraction of sp³-hybridized carbons (Fsp3) is 0.200. The molecular formula is C15H14FN3. The van der Waals surface area contributed by atoms with Gasteiger partial charge in [0.2, 0.25) is 0 Å². The molecule has 0 saturated heterocycles. The predicted molar refractivity (Wildman–Crippen MR) is 70.6 cm³/mol. The van der Waals surface area contributed by atoms with Gasteiger partial charge in [-0.15, -0.1) is 0 Å². The maximum atomic E-state index is 13.2. The number of nitrogens with one attached hydrogen (secondary N) is 1. The molecule has 0 unspecified atom stereocenters. The van der Waals surface area contributed by atoms with Crippen molar-refractivity contribution in [2.75, 3.05) is 0 Å². The Hall–Kier alpha value is -2.25. The summed E-state index contributed by atoms with van der Waals surface area (Å²) in [7, 11) is 0. The first-order valence-electron chi connectivity index (χ1n) is 6.02. The molecule has 1 heterocycles. The highest BCUT2D eigenvalue weighted by Crippen LogP contribution is 2.14. The molecule has 2 aromatic rings. The first kappa shape index (κ1) is 13.2. The molecule has 0 bridgehead atoms. The van der Waals surface area contributed by atoms with Crippen LogP contribution in [0.1, 0.15) is 29.7 Å². The summed E-state index contributed by atoms with van der Waals surface area (Å²) in [5.41, 5.74) is 2.21. The lowest BCUT2D eigenvalue weighted by atomic mass is 10.1. The number of aromatic nitrogens is 1. The molecule has 0 saturated carbocycles. The van der Waals surface area contributed by atoms with Crippen molar-refractivity contribution in [3.05, 3.63) is 65.2 Å². The van der Waals surface area contributed by atoms with Gasteiger partial charge in [-0.05, 0) is 42.3 Å². The summed E-state index contributed by atoms with van der Waals surface area (Å²) in [6.07, 6.45) is 3.50. The molecule has 1 aromatic heterocycles. The molecule has 0 fully saturated rings. The molecule has 2 rings (SSSR count). The molecule has 0 radical (unpaired) electrons. The maximum Gasteiger partial charge on any atom is 0.123 e. The number of nitrogens with zero attached hydrogens (tertiary/aromatic N) is 2. The van der Waals surface area contributed by atoms with Crippen molar-refractivity contribution in [2.45, 2.75) is 19.5 Å². The van der Waals surface area contributed by atoms with Crippen molar-refractivity contribution in [1.82, 2.24) is 10.3 Å². The van der Waals surface area contributed by atoms with Crippen LogP contribution in [0, 0.1) is 17.1 Å². The van der Waals surface area contributed by atoms with E-state index in [2.05, 4.69) is 16.4 Å². The van der Waals surface area contributed by atoms with Crippen LogP contribution >= 0.6 is 0 Å². The van der Waals surface area contributed by atoms with Crippen LogP contribution in [-0.4, -0.2) is 4.98 Å². The minimum atomic E-state index is -0.329. The van der Waals surface area contributed by atoms with Crippen LogP contribution in [0.2, 0.25) is 0 Å². The fourth-order valence-electron chi connectivity index (χ4n) is 1.83. The number of halogens is 1. The molecule has 0 aliphatic carbocycles. The van der Waals surface area contributed by atoms with Crippen LogP contribution in [0.5, 0.6) is 0 Å². The SMILES string of the molecule is C[C@@H](NCc1cc(F)ccc1C#N)c1cccnc1. The van der Waals surface area contributed by atoms with Gasteiger partial charge in [-0.2, -0.15) is 5.26 Å². The first-order valence-corrected chi connectivity index (χ1v) is 6.02. The lowest BCUT2D eigenvalue weighted by molar-refractivity contribution is 0.567. The summed E-state index contributed by atoms with van der Waals surface area (Å²) in [4.78, 5) is 4.06. The molecule has 96 valence electrons. The molecule has 1 atom stereocenters. The molecule has 0 aliphatic rings. The van der Waals surface area contributed by atoms with E-state index >= 15 is 0 Å². The molecule has 1 N–H and O–H groups in total. The molecule has 3 nitrogen and oxygen atoms in total. The summed E-state index contributed by atoms with van der Waals surface area (Å²) in [6, 6.07) is 10.2. The normalized spacial score (nSPS) is 11.8. The zero-order valence-corrected chi connectivity index (χ0v) is 10.6. The Morgan fingerprint density at radius 3 is 2.95 bits per heavy atom. The van der Waals surface area contributed by atoms with Crippen LogP contribution in [0.4, 0.5) is 4.39 Å². The van der Waals surface area contributed by atoms with Gasteiger partial charge in [-0.1, -0.05) is 6.07 Å². The smallest absolute Gasteiger partial charge is 0.123 e. The van der Waals surface area contributed by atoms with Crippen molar-refractivity contribution < 1.29 is 4.39 Å². The summed E-state index contributed by atoms with van der Waals surface area (Å²) >= 11 is 0. The number of hydrogen-bond donors (Lipinski definition) is 1. The van der Waals surface area contributed by atoms with Crippen molar-refractivity contribution in [3.63, 3.8) is 0 Å². The largest absolute Gasteiger partial charge is 0.306 e. The third-order valence-corrected chi connectivity index (χ3v) is 2.97. The molecule has 1 aromatic carbocycles. The Bertz CT molecular complexity index is 590. The molecular weight excluding hydrogens is 241 g/mol. The Morgan fingerprint density at radius 1 is 1.42 bits per heavy atom. The van der Waals surface area contributed by atoms with E-state index in [4.69, 9.17) is 5.26 Å². The zero-order chi connectivity index (χ0) is 13.7. The van der Waals surface area contributed by atoms with Crippen molar-refractivity contribution in [3.8, 4) is 6.07 Å². The highest BCUT2D eigenvalue weighted by atomic mass is 19.1. The number of hydrogen-bond acceptors (Lipinski definition) is 3. The average Bonchev–Trinajstić information content (AvgIpc) is 2.46. The van der Waals surface area contributed by atoms with E-state index in [9.17, 15) is 4.39 Å². The van der Waals surface area contributed by atoms with Crippen LogP contribution < -0.4 is 5.32 Å². The van der Waals surface area contributed by atoms with E-state index in [1.165, 1.54) is 18.2 Å². The van der Waals surface area contributed by atoms with E-state index in [0.29, 0.717) is 17.7 Å². The zero-order valence-electron chi connectivity index (χ0n) is 10.6. The predicted octanol–water partition coefficient (Wildman–Crippen LogP) is 2.94. The van der Waals surface area contributed by atoms with Gasteiger partial charge in [0.15, 0.2) is 0 Å². The van der Waals surface area contributed by atoms with Crippen LogP contribution in [0.25, 0.3) is 0 Å². The Kier molecular flexibility index (Phi) is 4.22. The standard InChI is InChI=1S/C15H14FN3/c1-11(13-3-2-6-18-9-13)19-10-14-7-15(16)5-4-12(14)8-17/h2-7,9,11,19H,10H2,1H3/t11-/m1/s1. The topological polar surface area (TPSA) is 48.7 Å². The van der Waals surface area contributed by atoms with Crippen LogP contribution in [-0.2, 0) is 6.54 Å². The minimum Gasteiger partial charge on any atom is -0.306 e. The van der Waals surface area contributed by atoms with E-state index in [1.54, 1.807) is 12.4 Å². The van der Waals surface area contributed by atoms with E-state index in [1.807, 2.05) is 19.1 Å². The van der Waals surface area contributed by atoms with Crippen molar-refractivity contribution in [1.29, 1.82) is 5.26 Å². The summed E-state index contributed by atoms with van der Waals surface area (Å²) in [5, 5.41) is 12.2.